The van der Waals surface area contributed by atoms with Gasteiger partial charge in [0.05, 0.1) is 23.0 Å². The highest BCUT2D eigenvalue weighted by atomic mass is 35.5. The molecule has 0 fully saturated rings. The molecule has 0 unspecified atom stereocenters. The van der Waals surface area contributed by atoms with Crippen LogP contribution >= 0.6 is 22.9 Å². The molecule has 0 aliphatic carbocycles. The minimum atomic E-state index is 0.0417. The zero-order chi connectivity index (χ0) is 20.9. The van der Waals surface area contributed by atoms with Crippen LogP contribution in [-0.2, 0) is 24.2 Å². The first kappa shape index (κ1) is 20.6. The first-order valence-corrected chi connectivity index (χ1v) is 11.2. The number of carbonyl (C=O) groups is 1. The number of thiazole rings is 1. The van der Waals surface area contributed by atoms with E-state index in [0.717, 1.165) is 40.3 Å². The summed E-state index contributed by atoms with van der Waals surface area (Å²) in [7, 11) is 0. The minimum Gasteiger partial charge on any atom is -0.337 e. The van der Waals surface area contributed by atoms with Crippen LogP contribution in [0.15, 0.2) is 61.2 Å². The van der Waals surface area contributed by atoms with E-state index < -0.39 is 0 Å². The Kier molecular flexibility index (Phi) is 6.45. The molecule has 0 N–H and O–H groups in total. The number of rotatable bonds is 8. The van der Waals surface area contributed by atoms with Gasteiger partial charge in [0.25, 0.3) is 0 Å². The number of amides is 1. The number of nitrogens with zero attached hydrogens (tertiary/aromatic N) is 4. The van der Waals surface area contributed by atoms with E-state index >= 15 is 0 Å². The maximum absolute atomic E-state index is 13.3. The fraction of sp³-hybridized carbons (Fsp3) is 0.261. The molecule has 4 aromatic rings. The van der Waals surface area contributed by atoms with Gasteiger partial charge in [0.1, 0.15) is 0 Å². The fourth-order valence-corrected chi connectivity index (χ4v) is 4.61. The summed E-state index contributed by atoms with van der Waals surface area (Å²) in [4.78, 5) is 24.0. The van der Waals surface area contributed by atoms with Gasteiger partial charge in [0.2, 0.25) is 5.91 Å². The van der Waals surface area contributed by atoms with Crippen molar-refractivity contribution >= 4 is 44.2 Å². The van der Waals surface area contributed by atoms with Gasteiger partial charge in [0, 0.05) is 30.5 Å². The Labute approximate surface area is 185 Å². The van der Waals surface area contributed by atoms with Crippen molar-refractivity contribution in [2.75, 3.05) is 11.4 Å². The summed E-state index contributed by atoms with van der Waals surface area (Å²) in [6.07, 6.45) is 7.55. The van der Waals surface area contributed by atoms with E-state index in [9.17, 15) is 4.79 Å². The van der Waals surface area contributed by atoms with Gasteiger partial charge in [-0.05, 0) is 42.2 Å². The highest BCUT2D eigenvalue weighted by molar-refractivity contribution is 7.22. The second-order valence-electron chi connectivity index (χ2n) is 7.12. The quantitative estimate of drug-likeness (QED) is 0.371. The molecule has 7 heteroatoms. The van der Waals surface area contributed by atoms with Gasteiger partial charge in [-0.15, -0.1) is 0 Å². The summed E-state index contributed by atoms with van der Waals surface area (Å²) >= 11 is 7.56. The molecule has 0 bridgehead atoms. The number of halogens is 1. The van der Waals surface area contributed by atoms with Crippen LogP contribution in [0.4, 0.5) is 5.13 Å². The number of benzene rings is 2. The smallest absolute Gasteiger partial charge is 0.233 e. The lowest BCUT2D eigenvalue weighted by Crippen LogP contribution is -2.33. The fourth-order valence-electron chi connectivity index (χ4n) is 3.42. The molecule has 154 valence electrons. The van der Waals surface area contributed by atoms with Crippen molar-refractivity contribution < 1.29 is 4.79 Å². The molecule has 0 saturated carbocycles. The van der Waals surface area contributed by atoms with Gasteiger partial charge >= 0.3 is 0 Å². The Hall–Kier alpha value is -2.70. The third-order valence-corrected chi connectivity index (χ3v) is 6.33. The lowest BCUT2D eigenvalue weighted by molar-refractivity contribution is -0.118. The number of para-hydroxylation sites is 1. The first-order valence-electron chi connectivity index (χ1n) is 10.0. The molecule has 0 spiro atoms. The SMILES string of the molecule is CCc1cccc2sc(N(CCCn3ccnc3)C(=O)Cc3ccc(Cl)cc3)nc12. The molecule has 0 aliphatic rings. The molecule has 5 nitrogen and oxygen atoms in total. The average Bonchev–Trinajstić information content (AvgIpc) is 3.42. The lowest BCUT2D eigenvalue weighted by Gasteiger charge is -2.20. The monoisotopic (exact) mass is 438 g/mol. The Morgan fingerprint density at radius 3 is 2.77 bits per heavy atom. The minimum absolute atomic E-state index is 0.0417. The van der Waals surface area contributed by atoms with Gasteiger partial charge in [-0.3, -0.25) is 9.69 Å². The molecule has 2 aromatic heterocycles. The molecule has 0 radical (unpaired) electrons. The molecule has 2 heterocycles. The van der Waals surface area contributed by atoms with Crippen molar-refractivity contribution in [2.24, 2.45) is 0 Å². The highest BCUT2D eigenvalue weighted by Gasteiger charge is 2.20. The maximum Gasteiger partial charge on any atom is 0.233 e. The van der Waals surface area contributed by atoms with E-state index in [0.29, 0.717) is 18.0 Å². The summed E-state index contributed by atoms with van der Waals surface area (Å²) in [5, 5.41) is 1.43. The van der Waals surface area contributed by atoms with E-state index in [1.54, 1.807) is 23.9 Å². The molecule has 4 rings (SSSR count). The number of hydrogen-bond donors (Lipinski definition) is 0. The number of anilines is 1. The van der Waals surface area contributed by atoms with Crippen LogP contribution in [0.2, 0.25) is 5.02 Å². The van der Waals surface area contributed by atoms with Crippen LogP contribution in [0, 0.1) is 0 Å². The highest BCUT2D eigenvalue weighted by Crippen LogP contribution is 2.31. The van der Waals surface area contributed by atoms with Gasteiger partial charge in [-0.25, -0.2) is 9.97 Å². The summed E-state index contributed by atoms with van der Waals surface area (Å²) in [5.41, 5.74) is 3.15. The van der Waals surface area contributed by atoms with Gasteiger partial charge in [0.15, 0.2) is 5.13 Å². The average molecular weight is 439 g/mol. The molecule has 30 heavy (non-hydrogen) atoms. The number of hydrogen-bond acceptors (Lipinski definition) is 4. The number of imidazole rings is 1. The Balaban J connectivity index is 1.58. The Morgan fingerprint density at radius 1 is 1.20 bits per heavy atom. The van der Waals surface area contributed by atoms with E-state index in [1.807, 2.05) is 39.9 Å². The van der Waals surface area contributed by atoms with Crippen molar-refractivity contribution in [1.82, 2.24) is 14.5 Å². The van der Waals surface area contributed by atoms with Gasteiger partial charge in [-0.1, -0.05) is 54.1 Å². The van der Waals surface area contributed by atoms with Crippen molar-refractivity contribution in [3.8, 4) is 0 Å². The predicted octanol–water partition coefficient (Wildman–Crippen LogP) is 5.37. The summed E-state index contributed by atoms with van der Waals surface area (Å²) in [5.74, 6) is 0.0417. The van der Waals surface area contributed by atoms with E-state index in [-0.39, 0.29) is 5.91 Å². The largest absolute Gasteiger partial charge is 0.337 e. The number of aromatic nitrogens is 3. The topological polar surface area (TPSA) is 51.0 Å². The normalized spacial score (nSPS) is 11.1. The van der Waals surface area contributed by atoms with Crippen LogP contribution in [0.5, 0.6) is 0 Å². The molecular formula is C23H23ClN4OS. The molecule has 0 atom stereocenters. The van der Waals surface area contributed by atoms with Gasteiger partial charge in [-0.2, -0.15) is 0 Å². The predicted molar refractivity (Wildman–Crippen MR) is 123 cm³/mol. The first-order chi connectivity index (χ1) is 14.6. The van der Waals surface area contributed by atoms with E-state index in [2.05, 4.69) is 30.1 Å². The van der Waals surface area contributed by atoms with Crippen molar-refractivity contribution in [3.05, 3.63) is 77.3 Å². The second-order valence-corrected chi connectivity index (χ2v) is 8.56. The molecular weight excluding hydrogens is 416 g/mol. The zero-order valence-corrected chi connectivity index (χ0v) is 18.4. The van der Waals surface area contributed by atoms with Crippen molar-refractivity contribution in [3.63, 3.8) is 0 Å². The summed E-state index contributed by atoms with van der Waals surface area (Å²) < 4.78 is 3.14. The third-order valence-electron chi connectivity index (χ3n) is 5.03. The lowest BCUT2D eigenvalue weighted by atomic mass is 10.1. The van der Waals surface area contributed by atoms with Crippen LogP contribution < -0.4 is 4.90 Å². The Bertz CT molecular complexity index is 1120. The maximum atomic E-state index is 13.3. The zero-order valence-electron chi connectivity index (χ0n) is 16.8. The van der Waals surface area contributed by atoms with E-state index in [4.69, 9.17) is 16.6 Å². The van der Waals surface area contributed by atoms with Crippen molar-refractivity contribution in [1.29, 1.82) is 0 Å². The molecule has 1 amide bonds. The van der Waals surface area contributed by atoms with Crippen LogP contribution in [0.3, 0.4) is 0 Å². The summed E-state index contributed by atoms with van der Waals surface area (Å²) in [6, 6.07) is 13.7. The standard InChI is InChI=1S/C23H23ClN4OS/c1-2-18-5-3-6-20-22(18)26-23(30-20)28(13-4-12-27-14-11-25-16-27)21(29)15-17-7-9-19(24)10-8-17/h3,5-11,14,16H,2,4,12-13,15H2,1H3. The summed E-state index contributed by atoms with van der Waals surface area (Å²) in [6.45, 7) is 3.53. The van der Waals surface area contributed by atoms with Crippen LogP contribution in [0.1, 0.15) is 24.5 Å². The van der Waals surface area contributed by atoms with Crippen LogP contribution in [-0.4, -0.2) is 27.0 Å². The second kappa shape index (κ2) is 9.41. The van der Waals surface area contributed by atoms with Crippen molar-refractivity contribution in [2.45, 2.75) is 32.7 Å². The Morgan fingerprint density at radius 2 is 2.03 bits per heavy atom. The number of fused-ring (bicyclic) bond motifs is 1. The van der Waals surface area contributed by atoms with Crippen LogP contribution in [0.25, 0.3) is 10.2 Å². The van der Waals surface area contributed by atoms with E-state index in [1.165, 1.54) is 5.56 Å². The molecule has 0 saturated heterocycles. The third kappa shape index (κ3) is 4.71. The number of carbonyl (C=O) groups excluding carboxylic acids is 1. The molecule has 2 aromatic carbocycles. The molecule has 0 aliphatic heterocycles. The van der Waals surface area contributed by atoms with Gasteiger partial charge < -0.3 is 4.57 Å². The number of aryl methyl sites for hydroxylation is 2.